The highest BCUT2D eigenvalue weighted by molar-refractivity contribution is 5.03. The summed E-state index contributed by atoms with van der Waals surface area (Å²) in [7, 11) is 1.73. The Morgan fingerprint density at radius 1 is 1.40 bits per heavy atom. The predicted molar refractivity (Wildman–Crippen MR) is 45.0 cm³/mol. The van der Waals surface area contributed by atoms with E-state index in [1.807, 2.05) is 25.2 Å². The van der Waals surface area contributed by atoms with Crippen molar-refractivity contribution in [1.29, 1.82) is 0 Å². The highest BCUT2D eigenvalue weighted by atomic mass is 16.5. The first kappa shape index (κ1) is 9.44. The molecule has 0 aromatic carbocycles. The van der Waals surface area contributed by atoms with Crippen LogP contribution in [0.25, 0.3) is 0 Å². The summed E-state index contributed by atoms with van der Waals surface area (Å²) in [6, 6.07) is 0. The third-order valence-electron chi connectivity index (χ3n) is 1.33. The van der Waals surface area contributed by atoms with E-state index in [-0.39, 0.29) is 6.10 Å². The van der Waals surface area contributed by atoms with Gasteiger partial charge in [-0.3, -0.25) is 0 Å². The summed E-state index contributed by atoms with van der Waals surface area (Å²) in [5.74, 6) is 0. The minimum absolute atomic E-state index is 0.274. The minimum Gasteiger partial charge on any atom is -0.377 e. The first-order chi connectivity index (χ1) is 4.85. The molecule has 0 heterocycles. The Hall–Kier alpha value is -0.560. The smallest absolute Gasteiger partial charge is 0.0752 e. The molecule has 58 valence electrons. The van der Waals surface area contributed by atoms with E-state index in [4.69, 9.17) is 4.74 Å². The van der Waals surface area contributed by atoms with Gasteiger partial charge in [0, 0.05) is 7.11 Å². The zero-order chi connectivity index (χ0) is 7.82. The molecule has 0 saturated heterocycles. The molecule has 1 unspecified atom stereocenters. The molecule has 0 aromatic rings. The second-order valence-electron chi connectivity index (χ2n) is 2.09. The maximum absolute atomic E-state index is 5.13. The number of ether oxygens (including phenoxy) is 1. The summed E-state index contributed by atoms with van der Waals surface area (Å²) in [6.45, 7) is 4.10. The van der Waals surface area contributed by atoms with Crippen LogP contribution in [0.1, 0.15) is 20.3 Å². The molecule has 0 aliphatic carbocycles. The fourth-order valence-corrected chi connectivity index (χ4v) is 0.681. The van der Waals surface area contributed by atoms with Gasteiger partial charge in [0.15, 0.2) is 0 Å². The van der Waals surface area contributed by atoms with Gasteiger partial charge >= 0.3 is 0 Å². The molecule has 0 aliphatic heterocycles. The van der Waals surface area contributed by atoms with Crippen molar-refractivity contribution in [2.75, 3.05) is 7.11 Å². The average Bonchev–Trinajstić information content (AvgIpc) is 1.99. The summed E-state index contributed by atoms with van der Waals surface area (Å²) in [5.41, 5.74) is 0. The van der Waals surface area contributed by atoms with Crippen LogP contribution >= 0.6 is 0 Å². The summed E-state index contributed by atoms with van der Waals surface area (Å²) >= 11 is 0. The molecular weight excluding hydrogens is 124 g/mol. The molecule has 0 bridgehead atoms. The Bertz CT molecular complexity index is 110. The molecule has 0 aromatic heterocycles. The van der Waals surface area contributed by atoms with Gasteiger partial charge in [0.05, 0.1) is 6.10 Å². The average molecular weight is 140 g/mol. The lowest BCUT2D eigenvalue weighted by atomic mass is 10.2. The van der Waals surface area contributed by atoms with Crippen LogP contribution in [0, 0.1) is 0 Å². The number of rotatable bonds is 4. The summed E-state index contributed by atoms with van der Waals surface area (Å²) < 4.78 is 5.13. The van der Waals surface area contributed by atoms with Crippen molar-refractivity contribution in [3.05, 3.63) is 24.3 Å². The van der Waals surface area contributed by atoms with E-state index < -0.39 is 0 Å². The second-order valence-corrected chi connectivity index (χ2v) is 2.09. The van der Waals surface area contributed by atoms with Gasteiger partial charge < -0.3 is 4.74 Å². The van der Waals surface area contributed by atoms with Crippen molar-refractivity contribution >= 4 is 0 Å². The SMILES string of the molecule is C/C=C\C=C/C(CC)OC. The zero-order valence-corrected chi connectivity index (χ0v) is 7.00. The van der Waals surface area contributed by atoms with Crippen molar-refractivity contribution < 1.29 is 4.74 Å². The Kier molecular flexibility index (Phi) is 6.19. The summed E-state index contributed by atoms with van der Waals surface area (Å²) in [4.78, 5) is 0. The van der Waals surface area contributed by atoms with E-state index in [1.54, 1.807) is 7.11 Å². The highest BCUT2D eigenvalue weighted by Crippen LogP contribution is 1.97. The molecule has 0 rings (SSSR count). The monoisotopic (exact) mass is 140 g/mol. The molecule has 0 N–H and O–H groups in total. The Balaban J connectivity index is 3.60. The maximum atomic E-state index is 5.13. The van der Waals surface area contributed by atoms with Crippen molar-refractivity contribution in [2.45, 2.75) is 26.4 Å². The van der Waals surface area contributed by atoms with Gasteiger partial charge in [0.25, 0.3) is 0 Å². The molecule has 1 heteroatoms. The van der Waals surface area contributed by atoms with Gasteiger partial charge in [-0.2, -0.15) is 0 Å². The van der Waals surface area contributed by atoms with Crippen LogP contribution in [-0.2, 0) is 4.74 Å². The maximum Gasteiger partial charge on any atom is 0.0752 e. The van der Waals surface area contributed by atoms with Crippen LogP contribution in [0.15, 0.2) is 24.3 Å². The minimum atomic E-state index is 0.274. The lowest BCUT2D eigenvalue weighted by molar-refractivity contribution is 0.138. The van der Waals surface area contributed by atoms with Crippen molar-refractivity contribution in [1.82, 2.24) is 0 Å². The lowest BCUT2D eigenvalue weighted by Crippen LogP contribution is -2.03. The lowest BCUT2D eigenvalue weighted by Gasteiger charge is -2.04. The van der Waals surface area contributed by atoms with Crippen LogP contribution in [0.4, 0.5) is 0 Å². The van der Waals surface area contributed by atoms with E-state index in [0.29, 0.717) is 0 Å². The third kappa shape index (κ3) is 4.33. The van der Waals surface area contributed by atoms with Gasteiger partial charge in [-0.15, -0.1) is 0 Å². The summed E-state index contributed by atoms with van der Waals surface area (Å²) in [5, 5.41) is 0. The second kappa shape index (κ2) is 6.56. The number of methoxy groups -OCH3 is 1. The van der Waals surface area contributed by atoms with Crippen LogP contribution in [0.2, 0.25) is 0 Å². The molecule has 0 aliphatic rings. The van der Waals surface area contributed by atoms with Gasteiger partial charge in [-0.25, -0.2) is 0 Å². The van der Waals surface area contributed by atoms with Crippen molar-refractivity contribution in [3.8, 4) is 0 Å². The first-order valence-corrected chi connectivity index (χ1v) is 3.67. The van der Waals surface area contributed by atoms with E-state index >= 15 is 0 Å². The van der Waals surface area contributed by atoms with E-state index in [2.05, 4.69) is 13.0 Å². The number of allylic oxidation sites excluding steroid dienone is 3. The number of hydrogen-bond donors (Lipinski definition) is 0. The third-order valence-corrected chi connectivity index (χ3v) is 1.33. The summed E-state index contributed by atoms with van der Waals surface area (Å²) in [6.07, 6.45) is 9.37. The van der Waals surface area contributed by atoms with Crippen molar-refractivity contribution in [2.24, 2.45) is 0 Å². The fourth-order valence-electron chi connectivity index (χ4n) is 0.681. The van der Waals surface area contributed by atoms with Crippen LogP contribution in [0.3, 0.4) is 0 Å². The van der Waals surface area contributed by atoms with Crippen LogP contribution < -0.4 is 0 Å². The molecule has 0 fully saturated rings. The fraction of sp³-hybridized carbons (Fsp3) is 0.556. The quantitative estimate of drug-likeness (QED) is 0.545. The standard InChI is InChI=1S/C9H16O/c1-4-6-7-8-9(5-2)10-3/h4,6-9H,5H2,1-3H3/b6-4-,8-7-. The first-order valence-electron chi connectivity index (χ1n) is 3.67. The van der Waals surface area contributed by atoms with Gasteiger partial charge in [0.1, 0.15) is 0 Å². The molecule has 1 nitrogen and oxygen atoms in total. The molecular formula is C9H16O. The van der Waals surface area contributed by atoms with E-state index in [9.17, 15) is 0 Å². The Labute approximate surface area is 63.4 Å². The predicted octanol–water partition coefficient (Wildman–Crippen LogP) is 2.54. The van der Waals surface area contributed by atoms with Crippen molar-refractivity contribution in [3.63, 3.8) is 0 Å². The van der Waals surface area contributed by atoms with E-state index in [1.165, 1.54) is 0 Å². The van der Waals surface area contributed by atoms with Gasteiger partial charge in [-0.1, -0.05) is 31.2 Å². The highest BCUT2D eigenvalue weighted by Gasteiger charge is 1.94. The number of hydrogen-bond acceptors (Lipinski definition) is 1. The van der Waals surface area contributed by atoms with Crippen LogP contribution in [0.5, 0.6) is 0 Å². The molecule has 10 heavy (non-hydrogen) atoms. The largest absolute Gasteiger partial charge is 0.377 e. The molecule has 0 saturated carbocycles. The molecule has 0 amide bonds. The topological polar surface area (TPSA) is 9.23 Å². The Morgan fingerprint density at radius 2 is 2.10 bits per heavy atom. The molecule has 0 radical (unpaired) electrons. The Morgan fingerprint density at radius 3 is 2.50 bits per heavy atom. The van der Waals surface area contributed by atoms with Crippen LogP contribution in [-0.4, -0.2) is 13.2 Å². The van der Waals surface area contributed by atoms with Gasteiger partial charge in [0.2, 0.25) is 0 Å². The molecule has 1 atom stereocenters. The molecule has 0 spiro atoms. The van der Waals surface area contributed by atoms with Gasteiger partial charge in [-0.05, 0) is 13.3 Å². The normalized spacial score (nSPS) is 15.1. The zero-order valence-electron chi connectivity index (χ0n) is 7.00. The van der Waals surface area contributed by atoms with E-state index in [0.717, 1.165) is 6.42 Å².